The fourth-order valence-electron chi connectivity index (χ4n) is 3.91. The lowest BCUT2D eigenvalue weighted by molar-refractivity contribution is -0.143. The molecule has 5 N–H and O–H groups in total. The van der Waals surface area contributed by atoms with Crippen LogP contribution in [0.15, 0.2) is 35.3 Å². The quantitative estimate of drug-likeness (QED) is 0.396. The van der Waals surface area contributed by atoms with Crippen LogP contribution in [0, 0.1) is 0 Å². The highest BCUT2D eigenvalue weighted by atomic mass is 19.4. The van der Waals surface area contributed by atoms with Crippen molar-refractivity contribution in [1.82, 2.24) is 15.0 Å². The van der Waals surface area contributed by atoms with E-state index < -0.39 is 34.7 Å². The number of halogens is 6. The summed E-state index contributed by atoms with van der Waals surface area (Å²) in [4.78, 5) is 23.3. The first-order valence-electron chi connectivity index (χ1n) is 10.4. The van der Waals surface area contributed by atoms with E-state index in [0.29, 0.717) is 12.1 Å². The zero-order valence-corrected chi connectivity index (χ0v) is 17.5. The second-order valence-electron chi connectivity index (χ2n) is 8.08. The number of fused-ring (bicyclic) bond motifs is 1. The van der Waals surface area contributed by atoms with Crippen molar-refractivity contribution in [2.45, 2.75) is 50.1 Å². The van der Waals surface area contributed by atoms with Crippen LogP contribution in [0.5, 0.6) is 0 Å². The van der Waals surface area contributed by atoms with Crippen molar-refractivity contribution in [3.8, 4) is 0 Å². The lowest BCUT2D eigenvalue weighted by Gasteiger charge is -2.29. The highest BCUT2D eigenvalue weighted by molar-refractivity contribution is 5.91. The van der Waals surface area contributed by atoms with Gasteiger partial charge >= 0.3 is 12.4 Å². The minimum atomic E-state index is -5.02. The third kappa shape index (κ3) is 5.08. The maximum absolute atomic E-state index is 13.3. The molecule has 13 heteroatoms. The van der Waals surface area contributed by atoms with Crippen molar-refractivity contribution in [2.24, 2.45) is 5.73 Å². The molecule has 1 aliphatic carbocycles. The molecule has 0 saturated heterocycles. The monoisotopic (exact) mass is 486 g/mol. The molecule has 0 amide bonds. The number of aromatic nitrogens is 3. The van der Waals surface area contributed by atoms with Gasteiger partial charge in [-0.2, -0.15) is 31.3 Å². The number of pyridine rings is 1. The van der Waals surface area contributed by atoms with Gasteiger partial charge < -0.3 is 21.4 Å². The van der Waals surface area contributed by atoms with E-state index in [9.17, 15) is 31.1 Å². The van der Waals surface area contributed by atoms with Gasteiger partial charge in [0.15, 0.2) is 0 Å². The van der Waals surface area contributed by atoms with Crippen LogP contribution in [0.2, 0.25) is 0 Å². The van der Waals surface area contributed by atoms with Crippen LogP contribution in [0.1, 0.15) is 36.8 Å². The first kappa shape index (κ1) is 23.8. The Hall–Kier alpha value is -3.35. The molecular weight excluding hydrogens is 466 g/mol. The summed E-state index contributed by atoms with van der Waals surface area (Å²) in [7, 11) is 0. The number of alkyl halides is 6. The summed E-state index contributed by atoms with van der Waals surface area (Å²) >= 11 is 0. The molecule has 1 aromatic carbocycles. The van der Waals surface area contributed by atoms with Gasteiger partial charge in [0.05, 0.1) is 16.6 Å². The van der Waals surface area contributed by atoms with Gasteiger partial charge in [-0.1, -0.05) is 12.8 Å². The van der Waals surface area contributed by atoms with Crippen LogP contribution in [0.25, 0.3) is 10.9 Å². The third-order valence-electron chi connectivity index (χ3n) is 5.60. The number of hydrogen-bond donors (Lipinski definition) is 4. The number of aromatic amines is 1. The number of nitrogens with two attached hydrogens (primary N) is 1. The maximum atomic E-state index is 13.3. The Kier molecular flexibility index (Phi) is 6.14. The zero-order chi connectivity index (χ0) is 24.7. The molecule has 1 fully saturated rings. The van der Waals surface area contributed by atoms with Crippen LogP contribution in [0.4, 0.5) is 43.8 Å². The molecule has 0 bridgehead atoms. The molecule has 3 aromatic rings. The van der Waals surface area contributed by atoms with Crippen molar-refractivity contribution >= 4 is 28.4 Å². The highest BCUT2D eigenvalue weighted by Gasteiger charge is 2.37. The summed E-state index contributed by atoms with van der Waals surface area (Å²) < 4.78 is 79.5. The van der Waals surface area contributed by atoms with Gasteiger partial charge in [0.2, 0.25) is 5.95 Å². The molecule has 1 saturated carbocycles. The lowest BCUT2D eigenvalue weighted by atomic mass is 9.91. The molecule has 1 unspecified atom stereocenters. The number of nitrogens with zero attached hydrogens (tertiary/aromatic N) is 2. The number of rotatable bonds is 4. The van der Waals surface area contributed by atoms with Gasteiger partial charge in [0.25, 0.3) is 5.56 Å². The van der Waals surface area contributed by atoms with Gasteiger partial charge in [-0.05, 0) is 37.1 Å². The first-order chi connectivity index (χ1) is 15.9. The number of nitrogens with one attached hydrogen (secondary N) is 3. The Morgan fingerprint density at radius 2 is 1.62 bits per heavy atom. The van der Waals surface area contributed by atoms with Crippen LogP contribution < -0.4 is 21.9 Å². The molecular formula is C21H20F6N6O. The Morgan fingerprint density at radius 3 is 2.24 bits per heavy atom. The van der Waals surface area contributed by atoms with Gasteiger partial charge in [0.1, 0.15) is 11.2 Å². The molecule has 0 radical (unpaired) electrons. The van der Waals surface area contributed by atoms with E-state index in [4.69, 9.17) is 5.73 Å². The van der Waals surface area contributed by atoms with E-state index in [1.54, 1.807) is 0 Å². The van der Waals surface area contributed by atoms with Crippen molar-refractivity contribution in [2.75, 3.05) is 10.6 Å². The van der Waals surface area contributed by atoms with E-state index in [2.05, 4.69) is 25.6 Å². The minimum absolute atomic E-state index is 0.0213. The Balaban J connectivity index is 1.80. The van der Waals surface area contributed by atoms with Gasteiger partial charge in [-0.15, -0.1) is 0 Å². The summed E-state index contributed by atoms with van der Waals surface area (Å²) in [6.07, 6.45) is -5.31. The topological polar surface area (TPSA) is 109 Å². The van der Waals surface area contributed by atoms with Crippen LogP contribution >= 0.6 is 0 Å². The molecule has 182 valence electrons. The number of hydrogen-bond acceptors (Lipinski definition) is 6. The fourth-order valence-corrected chi connectivity index (χ4v) is 3.91. The standard InChI is InChI=1S/C21H20F6N6O/c22-20(23,24)10-7-11(21(25,26)27)9-12(8-10)30-17-16-15(5-6-29-18(16)34)32-19(33-17)31-14-4-2-1-3-13(14)28/h5-9,13-14H,1-4,28H2,(H,29,34)(H2,30,31,32,33)/t13-,14?/m1/s1. The normalized spacial score (nSPS) is 19.3. The van der Waals surface area contributed by atoms with Crippen molar-refractivity contribution in [3.63, 3.8) is 0 Å². The van der Waals surface area contributed by atoms with E-state index in [1.165, 1.54) is 12.3 Å². The van der Waals surface area contributed by atoms with Gasteiger partial charge in [-0.3, -0.25) is 4.79 Å². The summed E-state index contributed by atoms with van der Waals surface area (Å²) in [5, 5.41) is 5.42. The number of anilines is 3. The molecule has 7 nitrogen and oxygen atoms in total. The smallest absolute Gasteiger partial charge is 0.350 e. The van der Waals surface area contributed by atoms with E-state index in [1.807, 2.05) is 0 Å². The second-order valence-corrected chi connectivity index (χ2v) is 8.08. The van der Waals surface area contributed by atoms with E-state index in [-0.39, 0.29) is 40.8 Å². The van der Waals surface area contributed by atoms with Crippen molar-refractivity contribution < 1.29 is 26.3 Å². The molecule has 2 atom stereocenters. The Bertz CT molecular complexity index is 1220. The first-order valence-corrected chi connectivity index (χ1v) is 10.4. The Labute approximate surface area is 188 Å². The van der Waals surface area contributed by atoms with Gasteiger partial charge in [-0.25, -0.2) is 4.98 Å². The molecule has 34 heavy (non-hydrogen) atoms. The van der Waals surface area contributed by atoms with Crippen LogP contribution in [0.3, 0.4) is 0 Å². The summed E-state index contributed by atoms with van der Waals surface area (Å²) in [5.74, 6) is -0.197. The van der Waals surface area contributed by atoms with Crippen molar-refractivity contribution in [3.05, 3.63) is 51.9 Å². The minimum Gasteiger partial charge on any atom is -0.350 e. The predicted molar refractivity (Wildman–Crippen MR) is 114 cm³/mol. The third-order valence-corrected chi connectivity index (χ3v) is 5.60. The average molecular weight is 486 g/mol. The number of H-pyrrole nitrogens is 1. The molecule has 4 rings (SSSR count). The van der Waals surface area contributed by atoms with E-state index >= 15 is 0 Å². The lowest BCUT2D eigenvalue weighted by Crippen LogP contribution is -2.43. The second kappa shape index (κ2) is 8.78. The molecule has 0 spiro atoms. The summed E-state index contributed by atoms with van der Waals surface area (Å²) in [6, 6.07) is 2.15. The summed E-state index contributed by atoms with van der Waals surface area (Å²) in [5.41, 5.74) is 2.09. The maximum Gasteiger partial charge on any atom is 0.416 e. The molecule has 2 aromatic heterocycles. The average Bonchev–Trinajstić information content (AvgIpc) is 2.74. The molecule has 0 aliphatic heterocycles. The SMILES string of the molecule is N[C@@H]1CCCCC1Nc1nc(Nc2cc(C(F)(F)F)cc(C(F)(F)F)c2)c2c(=O)[nH]ccc2n1. The molecule has 1 aliphatic rings. The largest absolute Gasteiger partial charge is 0.416 e. The van der Waals surface area contributed by atoms with Crippen molar-refractivity contribution in [1.29, 1.82) is 0 Å². The summed E-state index contributed by atoms with van der Waals surface area (Å²) in [6.45, 7) is 0. The zero-order valence-electron chi connectivity index (χ0n) is 17.5. The fraction of sp³-hybridized carbons (Fsp3) is 0.381. The number of benzene rings is 1. The van der Waals surface area contributed by atoms with Crippen LogP contribution in [-0.4, -0.2) is 27.0 Å². The highest BCUT2D eigenvalue weighted by Crippen LogP contribution is 2.38. The molecule has 2 heterocycles. The van der Waals surface area contributed by atoms with E-state index in [0.717, 1.165) is 25.7 Å². The predicted octanol–water partition coefficient (Wildman–Crippen LogP) is 4.78. The van der Waals surface area contributed by atoms with Gasteiger partial charge in [0, 0.05) is 24.0 Å². The van der Waals surface area contributed by atoms with Crippen LogP contribution in [-0.2, 0) is 12.4 Å². The Morgan fingerprint density at radius 1 is 0.971 bits per heavy atom.